The van der Waals surface area contributed by atoms with Gasteiger partial charge in [-0.25, -0.2) is 0 Å². The van der Waals surface area contributed by atoms with E-state index >= 15 is 0 Å². The first-order valence-electron chi connectivity index (χ1n) is 11.8. The van der Waals surface area contributed by atoms with Crippen molar-refractivity contribution in [3.63, 3.8) is 0 Å². The summed E-state index contributed by atoms with van der Waals surface area (Å²) in [4.78, 5) is 31.9. The van der Waals surface area contributed by atoms with Crippen molar-refractivity contribution in [3.8, 4) is 0 Å². The number of anilines is 2. The lowest BCUT2D eigenvalue weighted by Crippen LogP contribution is -2.15. The Morgan fingerprint density at radius 2 is 1.71 bits per heavy atom. The average molecular weight is 465 g/mol. The number of hydrogen-bond acceptors (Lipinski definition) is 4. The van der Waals surface area contributed by atoms with Crippen LogP contribution < -0.4 is 10.6 Å². The van der Waals surface area contributed by atoms with Gasteiger partial charge in [-0.15, -0.1) is 0 Å². The van der Waals surface area contributed by atoms with Crippen molar-refractivity contribution >= 4 is 34.0 Å². The number of fused-ring (bicyclic) bond motifs is 1. The lowest BCUT2D eigenvalue weighted by Gasteiger charge is -2.11. The summed E-state index contributed by atoms with van der Waals surface area (Å²) in [5, 5.41) is 8.09. The normalized spacial score (nSPS) is 16.8. The van der Waals surface area contributed by atoms with E-state index in [4.69, 9.17) is 0 Å². The van der Waals surface area contributed by atoms with Gasteiger partial charge in [-0.05, 0) is 85.4 Å². The van der Waals surface area contributed by atoms with Crippen molar-refractivity contribution in [1.82, 2.24) is 9.88 Å². The number of carbonyl (C=O) groups is 2. The molecular formula is C29H28N4O2. The molecule has 2 atom stereocenters. The SMILES string of the molecule is CN(C)Cc1ccc(NC(=O)c2cccc([C@@H]3C[C@H]3C(=O)Nc3ccc4cnccc4c3)c2)cc1. The van der Waals surface area contributed by atoms with Crippen LogP contribution in [0.3, 0.4) is 0 Å². The highest BCUT2D eigenvalue weighted by Crippen LogP contribution is 2.48. The van der Waals surface area contributed by atoms with E-state index in [1.54, 1.807) is 18.5 Å². The maximum Gasteiger partial charge on any atom is 0.255 e. The Bertz CT molecular complexity index is 1380. The van der Waals surface area contributed by atoms with Crippen molar-refractivity contribution in [2.75, 3.05) is 24.7 Å². The molecule has 0 unspecified atom stereocenters. The topological polar surface area (TPSA) is 74.3 Å². The Kier molecular flexibility index (Phi) is 6.29. The Morgan fingerprint density at radius 3 is 2.51 bits per heavy atom. The minimum absolute atomic E-state index is 0.0103. The van der Waals surface area contributed by atoms with E-state index in [2.05, 4.69) is 20.5 Å². The Hall–Kier alpha value is -4.03. The molecule has 0 bridgehead atoms. The van der Waals surface area contributed by atoms with E-state index < -0.39 is 0 Å². The molecule has 6 nitrogen and oxygen atoms in total. The number of hydrogen-bond donors (Lipinski definition) is 2. The fourth-order valence-electron chi connectivity index (χ4n) is 4.42. The zero-order chi connectivity index (χ0) is 24.4. The molecule has 5 rings (SSSR count). The van der Waals surface area contributed by atoms with Crippen molar-refractivity contribution in [2.24, 2.45) is 5.92 Å². The van der Waals surface area contributed by atoms with Gasteiger partial charge in [0, 0.05) is 47.2 Å². The third kappa shape index (κ3) is 5.39. The summed E-state index contributed by atoms with van der Waals surface area (Å²) in [6.07, 6.45) is 4.33. The Balaban J connectivity index is 1.21. The summed E-state index contributed by atoms with van der Waals surface area (Å²) >= 11 is 0. The number of aromatic nitrogens is 1. The Labute approximate surface area is 205 Å². The molecule has 3 aromatic carbocycles. The van der Waals surface area contributed by atoms with E-state index in [0.717, 1.165) is 40.7 Å². The number of benzene rings is 3. The van der Waals surface area contributed by atoms with Gasteiger partial charge in [0.25, 0.3) is 5.91 Å². The maximum atomic E-state index is 12.8. The van der Waals surface area contributed by atoms with Gasteiger partial charge in [0.1, 0.15) is 0 Å². The maximum absolute atomic E-state index is 12.8. The van der Waals surface area contributed by atoms with Crippen LogP contribution >= 0.6 is 0 Å². The highest BCUT2D eigenvalue weighted by molar-refractivity contribution is 6.04. The lowest BCUT2D eigenvalue weighted by molar-refractivity contribution is -0.117. The molecule has 6 heteroatoms. The average Bonchev–Trinajstić information content (AvgIpc) is 3.66. The van der Waals surface area contributed by atoms with Crippen molar-refractivity contribution in [1.29, 1.82) is 0 Å². The molecule has 1 heterocycles. The second-order valence-corrected chi connectivity index (χ2v) is 9.39. The molecule has 1 aliphatic carbocycles. The van der Waals surface area contributed by atoms with Crippen LogP contribution in [0.4, 0.5) is 11.4 Å². The van der Waals surface area contributed by atoms with Gasteiger partial charge >= 0.3 is 0 Å². The molecule has 0 aliphatic heterocycles. The zero-order valence-electron chi connectivity index (χ0n) is 19.9. The summed E-state index contributed by atoms with van der Waals surface area (Å²) in [7, 11) is 4.05. The van der Waals surface area contributed by atoms with E-state index in [-0.39, 0.29) is 23.7 Å². The van der Waals surface area contributed by atoms with Crippen LogP contribution in [0.15, 0.2) is 85.2 Å². The molecule has 176 valence electrons. The van der Waals surface area contributed by atoms with Crippen LogP contribution in [-0.4, -0.2) is 35.8 Å². The zero-order valence-corrected chi connectivity index (χ0v) is 19.9. The van der Waals surface area contributed by atoms with Gasteiger partial charge in [-0.3, -0.25) is 14.6 Å². The molecule has 1 fully saturated rings. The number of nitrogens with one attached hydrogen (secondary N) is 2. The summed E-state index contributed by atoms with van der Waals surface area (Å²) in [6, 6.07) is 23.2. The van der Waals surface area contributed by atoms with Gasteiger partial charge < -0.3 is 15.5 Å². The van der Waals surface area contributed by atoms with Gasteiger partial charge in [-0.1, -0.05) is 30.3 Å². The molecule has 1 aromatic heterocycles. The lowest BCUT2D eigenvalue weighted by atomic mass is 10.0. The van der Waals surface area contributed by atoms with Crippen molar-refractivity contribution in [3.05, 3.63) is 102 Å². The smallest absolute Gasteiger partial charge is 0.255 e. The number of nitrogens with zero attached hydrogens (tertiary/aromatic N) is 2. The fraction of sp³-hybridized carbons (Fsp3) is 0.207. The standard InChI is InChI=1S/C29H28N4O2/c1-33(2)18-19-6-9-24(10-7-19)31-28(34)22-5-3-4-21(14-22)26-16-27(26)29(35)32-25-11-8-23-17-30-13-12-20(23)15-25/h3-15,17,26-27H,16,18H2,1-2H3,(H,31,34)(H,32,35)/t26-,27+/m0/s1. The minimum Gasteiger partial charge on any atom is -0.326 e. The van der Waals surface area contributed by atoms with Crippen LogP contribution in [0, 0.1) is 5.92 Å². The van der Waals surface area contributed by atoms with Crippen LogP contribution in [0.2, 0.25) is 0 Å². The van der Waals surface area contributed by atoms with E-state index in [0.29, 0.717) is 5.56 Å². The number of pyridine rings is 1. The molecular weight excluding hydrogens is 436 g/mol. The first-order chi connectivity index (χ1) is 17.0. The molecule has 4 aromatic rings. The second kappa shape index (κ2) is 9.68. The Morgan fingerprint density at radius 1 is 0.914 bits per heavy atom. The van der Waals surface area contributed by atoms with Crippen LogP contribution in [0.25, 0.3) is 10.8 Å². The fourth-order valence-corrected chi connectivity index (χ4v) is 4.42. The van der Waals surface area contributed by atoms with E-state index in [1.165, 1.54) is 5.56 Å². The number of amides is 2. The van der Waals surface area contributed by atoms with Crippen molar-refractivity contribution in [2.45, 2.75) is 18.9 Å². The molecule has 0 radical (unpaired) electrons. The predicted octanol–water partition coefficient (Wildman–Crippen LogP) is 5.29. The molecule has 2 N–H and O–H groups in total. The second-order valence-electron chi connectivity index (χ2n) is 9.39. The predicted molar refractivity (Wildman–Crippen MR) is 139 cm³/mol. The first kappa shape index (κ1) is 22.7. The third-order valence-corrected chi connectivity index (χ3v) is 6.32. The summed E-state index contributed by atoms with van der Waals surface area (Å²) in [5.74, 6) is -0.112. The van der Waals surface area contributed by atoms with Crippen LogP contribution in [-0.2, 0) is 11.3 Å². The van der Waals surface area contributed by atoms with Crippen LogP contribution in [0.5, 0.6) is 0 Å². The molecule has 1 aliphatic rings. The van der Waals surface area contributed by atoms with Crippen LogP contribution in [0.1, 0.15) is 33.8 Å². The highest BCUT2D eigenvalue weighted by atomic mass is 16.2. The largest absolute Gasteiger partial charge is 0.326 e. The van der Waals surface area contributed by atoms with Crippen molar-refractivity contribution < 1.29 is 9.59 Å². The molecule has 35 heavy (non-hydrogen) atoms. The third-order valence-electron chi connectivity index (χ3n) is 6.32. The molecule has 0 saturated heterocycles. The highest BCUT2D eigenvalue weighted by Gasteiger charge is 2.44. The minimum atomic E-state index is -0.153. The first-order valence-corrected chi connectivity index (χ1v) is 11.8. The summed E-state index contributed by atoms with van der Waals surface area (Å²) < 4.78 is 0. The monoisotopic (exact) mass is 464 g/mol. The summed E-state index contributed by atoms with van der Waals surface area (Å²) in [5.41, 5.74) is 4.34. The quantitative estimate of drug-likeness (QED) is 0.390. The molecule has 1 saturated carbocycles. The van der Waals surface area contributed by atoms with Gasteiger partial charge in [0.15, 0.2) is 0 Å². The van der Waals surface area contributed by atoms with Gasteiger partial charge in [-0.2, -0.15) is 0 Å². The number of rotatable bonds is 7. The van der Waals surface area contributed by atoms with E-state index in [1.807, 2.05) is 80.8 Å². The summed E-state index contributed by atoms with van der Waals surface area (Å²) in [6.45, 7) is 0.852. The van der Waals surface area contributed by atoms with Gasteiger partial charge in [0.05, 0.1) is 0 Å². The number of carbonyl (C=O) groups excluding carboxylic acids is 2. The van der Waals surface area contributed by atoms with E-state index in [9.17, 15) is 9.59 Å². The molecule has 0 spiro atoms. The van der Waals surface area contributed by atoms with Gasteiger partial charge in [0.2, 0.25) is 5.91 Å². The molecule has 2 amide bonds.